The van der Waals surface area contributed by atoms with Crippen molar-refractivity contribution in [2.45, 2.75) is 20.1 Å². The Morgan fingerprint density at radius 3 is 2.43 bits per heavy atom. The van der Waals surface area contributed by atoms with E-state index >= 15 is 0 Å². The number of hydrogen-bond donors (Lipinski definition) is 2. The minimum atomic E-state index is 0.544. The molecule has 4 aromatic rings. The van der Waals surface area contributed by atoms with Gasteiger partial charge in [-0.05, 0) is 48.4 Å². The van der Waals surface area contributed by atoms with Crippen LogP contribution in [0.1, 0.15) is 16.7 Å². The molecule has 0 bridgehead atoms. The Labute approximate surface area is 176 Å². The fraction of sp³-hybridized carbons (Fsp3) is 0.120. The van der Waals surface area contributed by atoms with Crippen LogP contribution in [0.5, 0.6) is 5.75 Å². The summed E-state index contributed by atoms with van der Waals surface area (Å²) in [4.78, 5) is 8.85. The van der Waals surface area contributed by atoms with Crippen molar-refractivity contribution in [3.63, 3.8) is 0 Å². The molecule has 5 nitrogen and oxygen atoms in total. The molecule has 0 fully saturated rings. The minimum Gasteiger partial charge on any atom is -0.489 e. The van der Waals surface area contributed by atoms with E-state index in [4.69, 9.17) is 4.74 Å². The van der Waals surface area contributed by atoms with Gasteiger partial charge in [-0.25, -0.2) is 4.98 Å². The van der Waals surface area contributed by atoms with E-state index in [1.54, 1.807) is 6.20 Å². The SMILES string of the molecule is Cc1cccc(CNc2ccnc(Nc3ccc(OCc4ccccc4)cc3)n2)c1. The lowest BCUT2D eigenvalue weighted by Gasteiger charge is -2.10. The molecule has 0 saturated carbocycles. The molecule has 0 spiro atoms. The molecular weight excluding hydrogens is 372 g/mol. The van der Waals surface area contributed by atoms with E-state index < -0.39 is 0 Å². The summed E-state index contributed by atoms with van der Waals surface area (Å²) in [7, 11) is 0. The monoisotopic (exact) mass is 396 g/mol. The highest BCUT2D eigenvalue weighted by Crippen LogP contribution is 2.20. The smallest absolute Gasteiger partial charge is 0.229 e. The lowest BCUT2D eigenvalue weighted by Crippen LogP contribution is -2.04. The minimum absolute atomic E-state index is 0.544. The van der Waals surface area contributed by atoms with Gasteiger partial charge < -0.3 is 15.4 Å². The van der Waals surface area contributed by atoms with Crippen molar-refractivity contribution < 1.29 is 4.74 Å². The molecule has 0 aliphatic heterocycles. The van der Waals surface area contributed by atoms with Crippen LogP contribution < -0.4 is 15.4 Å². The lowest BCUT2D eigenvalue weighted by atomic mass is 10.1. The zero-order valence-corrected chi connectivity index (χ0v) is 16.9. The summed E-state index contributed by atoms with van der Waals surface area (Å²) in [6.45, 7) is 3.35. The molecular formula is C25H24N4O. The van der Waals surface area contributed by atoms with Gasteiger partial charge in [-0.2, -0.15) is 4.98 Å². The van der Waals surface area contributed by atoms with E-state index in [0.29, 0.717) is 19.1 Å². The van der Waals surface area contributed by atoms with Gasteiger partial charge in [0.05, 0.1) is 0 Å². The molecule has 3 aromatic carbocycles. The standard InChI is InChI=1S/C25H24N4O/c1-19-6-5-9-21(16-19)17-27-24-14-15-26-25(29-24)28-22-10-12-23(13-11-22)30-18-20-7-3-2-4-8-20/h2-16H,17-18H2,1H3,(H2,26,27,28,29). The maximum Gasteiger partial charge on any atom is 0.229 e. The van der Waals surface area contributed by atoms with Gasteiger partial charge in [-0.1, -0.05) is 60.2 Å². The first-order chi connectivity index (χ1) is 14.7. The molecule has 2 N–H and O–H groups in total. The molecule has 0 saturated heterocycles. The lowest BCUT2D eigenvalue weighted by molar-refractivity contribution is 0.306. The van der Waals surface area contributed by atoms with Crippen molar-refractivity contribution >= 4 is 17.5 Å². The van der Waals surface area contributed by atoms with Crippen LogP contribution in [0.3, 0.4) is 0 Å². The largest absolute Gasteiger partial charge is 0.489 e. The average molecular weight is 396 g/mol. The first-order valence-electron chi connectivity index (χ1n) is 9.91. The average Bonchev–Trinajstić information content (AvgIpc) is 2.78. The van der Waals surface area contributed by atoms with Crippen LogP contribution in [0, 0.1) is 6.92 Å². The Morgan fingerprint density at radius 1 is 0.833 bits per heavy atom. The van der Waals surface area contributed by atoms with Gasteiger partial charge in [-0.15, -0.1) is 0 Å². The van der Waals surface area contributed by atoms with Crippen LogP contribution in [-0.2, 0) is 13.2 Å². The summed E-state index contributed by atoms with van der Waals surface area (Å²) >= 11 is 0. The summed E-state index contributed by atoms with van der Waals surface area (Å²) in [5.41, 5.74) is 4.51. The van der Waals surface area contributed by atoms with Gasteiger partial charge in [-0.3, -0.25) is 0 Å². The van der Waals surface area contributed by atoms with Crippen molar-refractivity contribution in [1.29, 1.82) is 0 Å². The van der Waals surface area contributed by atoms with E-state index in [-0.39, 0.29) is 0 Å². The maximum absolute atomic E-state index is 5.83. The second-order valence-electron chi connectivity index (χ2n) is 7.03. The number of benzene rings is 3. The zero-order chi connectivity index (χ0) is 20.6. The number of rotatable bonds is 8. The topological polar surface area (TPSA) is 59.1 Å². The third kappa shape index (κ3) is 5.58. The van der Waals surface area contributed by atoms with Crippen molar-refractivity contribution in [3.8, 4) is 5.75 Å². The molecule has 0 aliphatic rings. The normalized spacial score (nSPS) is 10.4. The Bertz CT molecular complexity index is 1080. The fourth-order valence-electron chi connectivity index (χ4n) is 3.04. The van der Waals surface area contributed by atoms with E-state index in [0.717, 1.165) is 22.8 Å². The first-order valence-corrected chi connectivity index (χ1v) is 9.91. The molecule has 150 valence electrons. The number of anilines is 3. The molecule has 5 heteroatoms. The third-order valence-electron chi connectivity index (χ3n) is 4.57. The van der Waals surface area contributed by atoms with Crippen LogP contribution in [0.2, 0.25) is 0 Å². The highest BCUT2D eigenvalue weighted by molar-refractivity contribution is 5.55. The summed E-state index contributed by atoms with van der Waals surface area (Å²) in [5.74, 6) is 2.14. The number of aromatic nitrogens is 2. The van der Waals surface area contributed by atoms with Gasteiger partial charge >= 0.3 is 0 Å². The highest BCUT2D eigenvalue weighted by Gasteiger charge is 2.02. The van der Waals surface area contributed by atoms with E-state index in [1.165, 1.54) is 11.1 Å². The molecule has 30 heavy (non-hydrogen) atoms. The van der Waals surface area contributed by atoms with Gasteiger partial charge in [0.1, 0.15) is 18.2 Å². The zero-order valence-electron chi connectivity index (χ0n) is 16.9. The number of ether oxygens (including phenoxy) is 1. The third-order valence-corrected chi connectivity index (χ3v) is 4.57. The second-order valence-corrected chi connectivity index (χ2v) is 7.03. The van der Waals surface area contributed by atoms with Gasteiger partial charge in [0.15, 0.2) is 0 Å². The summed E-state index contributed by atoms with van der Waals surface area (Å²) in [6, 6.07) is 28.2. The summed E-state index contributed by atoms with van der Waals surface area (Å²) in [6.07, 6.45) is 1.74. The highest BCUT2D eigenvalue weighted by atomic mass is 16.5. The predicted molar refractivity (Wildman–Crippen MR) is 121 cm³/mol. The summed E-state index contributed by atoms with van der Waals surface area (Å²) in [5, 5.41) is 6.58. The van der Waals surface area contributed by atoms with Crippen molar-refractivity contribution in [2.75, 3.05) is 10.6 Å². The van der Waals surface area contributed by atoms with Crippen LogP contribution in [-0.4, -0.2) is 9.97 Å². The molecule has 0 unspecified atom stereocenters. The van der Waals surface area contributed by atoms with Crippen LogP contribution >= 0.6 is 0 Å². The molecule has 1 heterocycles. The van der Waals surface area contributed by atoms with Crippen LogP contribution in [0.25, 0.3) is 0 Å². The van der Waals surface area contributed by atoms with Crippen LogP contribution in [0.15, 0.2) is 91.1 Å². The van der Waals surface area contributed by atoms with Crippen LogP contribution in [0.4, 0.5) is 17.5 Å². The Balaban J connectivity index is 1.33. The molecule has 1 aromatic heterocycles. The second kappa shape index (κ2) is 9.56. The molecule has 0 atom stereocenters. The Hall–Kier alpha value is -3.86. The van der Waals surface area contributed by atoms with E-state index in [9.17, 15) is 0 Å². The molecule has 0 aliphatic carbocycles. The number of nitrogens with zero attached hydrogens (tertiary/aromatic N) is 2. The van der Waals surface area contributed by atoms with Crippen molar-refractivity contribution in [3.05, 3.63) is 108 Å². The molecule has 0 amide bonds. The van der Waals surface area contributed by atoms with Crippen molar-refractivity contribution in [1.82, 2.24) is 9.97 Å². The first kappa shape index (κ1) is 19.5. The van der Waals surface area contributed by atoms with E-state index in [2.05, 4.69) is 51.8 Å². The van der Waals surface area contributed by atoms with Gasteiger partial charge in [0.25, 0.3) is 0 Å². The number of hydrogen-bond acceptors (Lipinski definition) is 5. The van der Waals surface area contributed by atoms with Gasteiger partial charge in [0.2, 0.25) is 5.95 Å². The molecule has 4 rings (SSSR count). The Morgan fingerprint density at radius 2 is 1.63 bits per heavy atom. The van der Waals surface area contributed by atoms with E-state index in [1.807, 2.05) is 60.7 Å². The predicted octanol–water partition coefficient (Wildman–Crippen LogP) is 5.72. The molecule has 0 radical (unpaired) electrons. The maximum atomic E-state index is 5.83. The summed E-state index contributed by atoms with van der Waals surface area (Å²) < 4.78 is 5.83. The van der Waals surface area contributed by atoms with Gasteiger partial charge in [0, 0.05) is 18.4 Å². The fourth-order valence-corrected chi connectivity index (χ4v) is 3.04. The number of aryl methyl sites for hydroxylation is 1. The Kier molecular flexibility index (Phi) is 6.20. The quantitative estimate of drug-likeness (QED) is 0.399. The van der Waals surface area contributed by atoms with Crippen molar-refractivity contribution in [2.24, 2.45) is 0 Å². The number of nitrogens with one attached hydrogen (secondary N) is 2.